The maximum Gasteiger partial charge on any atom is 0.433 e. The lowest BCUT2D eigenvalue weighted by Crippen LogP contribution is -2.14. The summed E-state index contributed by atoms with van der Waals surface area (Å²) in [7, 11) is 0. The van der Waals surface area contributed by atoms with E-state index in [1.54, 1.807) is 47.6 Å². The van der Waals surface area contributed by atoms with E-state index in [0.29, 0.717) is 5.69 Å². The number of carbonyl (C=O) groups excluding carboxylic acids is 1. The minimum atomic E-state index is -4.53. The topological polar surface area (TPSA) is 59.8 Å². The molecule has 0 fully saturated rings. The maximum absolute atomic E-state index is 12.5. The molecule has 1 amide bonds. The zero-order valence-electron chi connectivity index (χ0n) is 12.2. The van der Waals surface area contributed by atoms with Gasteiger partial charge in [0, 0.05) is 30.0 Å². The van der Waals surface area contributed by atoms with Gasteiger partial charge in [-0.1, -0.05) is 0 Å². The summed E-state index contributed by atoms with van der Waals surface area (Å²) in [6.07, 6.45) is 1.44. The van der Waals surface area contributed by atoms with E-state index in [-0.39, 0.29) is 5.56 Å². The summed E-state index contributed by atoms with van der Waals surface area (Å²) in [5, 5.41) is 2.60. The van der Waals surface area contributed by atoms with Crippen molar-refractivity contribution in [2.45, 2.75) is 6.18 Å². The molecule has 0 saturated heterocycles. The molecular formula is C16H11F3N4O. The quantitative estimate of drug-likeness (QED) is 0.798. The first-order valence-corrected chi connectivity index (χ1v) is 6.86. The molecule has 122 valence electrons. The van der Waals surface area contributed by atoms with Gasteiger partial charge in [0.1, 0.15) is 5.69 Å². The molecule has 0 radical (unpaired) electrons. The number of anilines is 1. The number of aromatic nitrogens is 3. The minimum Gasteiger partial charge on any atom is -0.322 e. The number of carbonyl (C=O) groups is 1. The zero-order valence-corrected chi connectivity index (χ0v) is 12.2. The van der Waals surface area contributed by atoms with Crippen LogP contribution in [0.4, 0.5) is 18.9 Å². The van der Waals surface area contributed by atoms with Crippen LogP contribution in [0.2, 0.25) is 0 Å². The molecule has 2 aromatic heterocycles. The van der Waals surface area contributed by atoms with Crippen LogP contribution in [-0.2, 0) is 6.18 Å². The Morgan fingerprint density at radius 2 is 1.83 bits per heavy atom. The van der Waals surface area contributed by atoms with Gasteiger partial charge in [-0.2, -0.15) is 13.2 Å². The number of hydrogen-bond donors (Lipinski definition) is 1. The highest BCUT2D eigenvalue weighted by Crippen LogP contribution is 2.27. The number of halogens is 3. The van der Waals surface area contributed by atoms with Crippen LogP contribution < -0.4 is 5.32 Å². The van der Waals surface area contributed by atoms with Crippen molar-refractivity contribution < 1.29 is 18.0 Å². The molecule has 0 aliphatic heterocycles. The van der Waals surface area contributed by atoms with E-state index in [1.807, 2.05) is 0 Å². The molecule has 3 aromatic rings. The molecule has 2 heterocycles. The van der Waals surface area contributed by atoms with Crippen molar-refractivity contribution in [3.8, 4) is 5.69 Å². The first-order valence-electron chi connectivity index (χ1n) is 6.86. The fourth-order valence-electron chi connectivity index (χ4n) is 2.03. The van der Waals surface area contributed by atoms with Crippen LogP contribution in [0, 0.1) is 0 Å². The Morgan fingerprint density at radius 1 is 1.08 bits per heavy atom. The Bertz CT molecular complexity index is 825. The second-order valence-electron chi connectivity index (χ2n) is 4.90. The molecule has 0 aliphatic carbocycles. The molecule has 0 bridgehead atoms. The fraction of sp³-hybridized carbons (Fsp3) is 0.0625. The van der Waals surface area contributed by atoms with Gasteiger partial charge in [0.2, 0.25) is 0 Å². The van der Waals surface area contributed by atoms with Gasteiger partial charge in [-0.05, 0) is 36.4 Å². The lowest BCUT2D eigenvalue weighted by atomic mass is 10.2. The summed E-state index contributed by atoms with van der Waals surface area (Å²) in [6.45, 7) is 0. The molecule has 0 atom stereocenters. The van der Waals surface area contributed by atoms with Crippen molar-refractivity contribution in [2.24, 2.45) is 0 Å². The number of rotatable bonds is 3. The predicted octanol–water partition coefficient (Wildman–Crippen LogP) is 3.54. The second kappa shape index (κ2) is 6.15. The number of pyridine rings is 1. The zero-order chi connectivity index (χ0) is 17.2. The van der Waals surface area contributed by atoms with Gasteiger partial charge in [-0.3, -0.25) is 9.78 Å². The largest absolute Gasteiger partial charge is 0.433 e. The average Bonchev–Trinajstić information content (AvgIpc) is 3.09. The Balaban J connectivity index is 1.70. The molecule has 1 N–H and O–H groups in total. The fourth-order valence-corrected chi connectivity index (χ4v) is 2.03. The summed E-state index contributed by atoms with van der Waals surface area (Å²) in [5.74, 6) is -0.536. The monoisotopic (exact) mass is 332 g/mol. The van der Waals surface area contributed by atoms with Gasteiger partial charge in [-0.25, -0.2) is 4.98 Å². The van der Waals surface area contributed by atoms with Crippen LogP contribution >= 0.6 is 0 Å². The molecular weight excluding hydrogens is 321 g/mol. The Morgan fingerprint density at radius 3 is 2.38 bits per heavy atom. The van der Waals surface area contributed by atoms with Gasteiger partial charge in [-0.15, -0.1) is 0 Å². The lowest BCUT2D eigenvalue weighted by molar-refractivity contribution is -0.141. The van der Waals surface area contributed by atoms with E-state index >= 15 is 0 Å². The average molecular weight is 332 g/mol. The van der Waals surface area contributed by atoms with E-state index < -0.39 is 17.8 Å². The Hall–Kier alpha value is -3.16. The molecule has 0 unspecified atom stereocenters. The van der Waals surface area contributed by atoms with Gasteiger partial charge < -0.3 is 9.88 Å². The number of alkyl halides is 3. The number of nitrogens with one attached hydrogen (secondary N) is 1. The molecule has 3 rings (SSSR count). The molecule has 24 heavy (non-hydrogen) atoms. The molecule has 0 spiro atoms. The van der Waals surface area contributed by atoms with Crippen LogP contribution in [-0.4, -0.2) is 20.4 Å². The lowest BCUT2D eigenvalue weighted by Gasteiger charge is -2.08. The highest BCUT2D eigenvalue weighted by Gasteiger charge is 2.32. The third kappa shape index (κ3) is 3.43. The number of hydrogen-bond acceptors (Lipinski definition) is 3. The van der Waals surface area contributed by atoms with Crippen molar-refractivity contribution in [2.75, 3.05) is 5.32 Å². The summed E-state index contributed by atoms with van der Waals surface area (Å²) < 4.78 is 39.2. The molecule has 0 saturated carbocycles. The number of imidazole rings is 1. The van der Waals surface area contributed by atoms with Crippen LogP contribution in [0.15, 0.2) is 61.3 Å². The summed E-state index contributed by atoms with van der Waals surface area (Å²) in [6, 6.07) is 8.79. The van der Waals surface area contributed by atoms with E-state index in [4.69, 9.17) is 0 Å². The summed E-state index contributed by atoms with van der Waals surface area (Å²) in [5.41, 5.74) is 0.385. The van der Waals surface area contributed by atoms with Crippen molar-refractivity contribution in [1.29, 1.82) is 0 Å². The van der Waals surface area contributed by atoms with E-state index in [2.05, 4.69) is 15.3 Å². The summed E-state index contributed by atoms with van der Waals surface area (Å²) >= 11 is 0. The first-order chi connectivity index (χ1) is 11.4. The molecule has 8 heteroatoms. The molecule has 1 aromatic carbocycles. The Labute approximate surface area is 134 Å². The van der Waals surface area contributed by atoms with Crippen LogP contribution in [0.25, 0.3) is 5.69 Å². The Kier molecular flexibility index (Phi) is 4.03. The number of nitrogens with zero attached hydrogens (tertiary/aromatic N) is 3. The number of amides is 1. The van der Waals surface area contributed by atoms with Gasteiger partial charge >= 0.3 is 6.18 Å². The third-order valence-corrected chi connectivity index (χ3v) is 3.24. The van der Waals surface area contributed by atoms with Crippen molar-refractivity contribution in [3.05, 3.63) is 72.6 Å². The van der Waals surface area contributed by atoms with E-state index in [9.17, 15) is 18.0 Å². The molecule has 0 aliphatic rings. The second-order valence-corrected chi connectivity index (χ2v) is 4.90. The van der Waals surface area contributed by atoms with Gasteiger partial charge in [0.05, 0.1) is 11.9 Å². The highest BCUT2D eigenvalue weighted by atomic mass is 19.4. The van der Waals surface area contributed by atoms with E-state index in [1.165, 1.54) is 0 Å². The van der Waals surface area contributed by atoms with Crippen LogP contribution in [0.1, 0.15) is 16.1 Å². The normalized spacial score (nSPS) is 11.3. The smallest absolute Gasteiger partial charge is 0.322 e. The van der Waals surface area contributed by atoms with Crippen LogP contribution in [0.3, 0.4) is 0 Å². The molecule has 5 nitrogen and oxygen atoms in total. The minimum absolute atomic E-state index is 0.0432. The van der Waals surface area contributed by atoms with E-state index in [0.717, 1.165) is 24.0 Å². The number of benzene rings is 1. The standard InChI is InChI=1S/C16H11F3N4O/c17-16(18,19)14-6-1-11(9-21-14)15(24)22-12-2-4-13(5-3-12)23-8-7-20-10-23/h1-10H,(H,22,24). The maximum atomic E-state index is 12.5. The van der Waals surface area contributed by atoms with Gasteiger partial charge in [0.25, 0.3) is 5.91 Å². The third-order valence-electron chi connectivity index (χ3n) is 3.24. The predicted molar refractivity (Wildman–Crippen MR) is 80.8 cm³/mol. The summed E-state index contributed by atoms with van der Waals surface area (Å²) in [4.78, 5) is 19.2. The van der Waals surface area contributed by atoms with Crippen molar-refractivity contribution in [1.82, 2.24) is 14.5 Å². The highest BCUT2D eigenvalue weighted by molar-refractivity contribution is 6.04. The van der Waals surface area contributed by atoms with Gasteiger partial charge in [0.15, 0.2) is 0 Å². The SMILES string of the molecule is O=C(Nc1ccc(-n2ccnc2)cc1)c1ccc(C(F)(F)F)nc1. The van der Waals surface area contributed by atoms with Crippen molar-refractivity contribution >= 4 is 11.6 Å². The first kappa shape index (κ1) is 15.7. The van der Waals surface area contributed by atoms with Crippen LogP contribution in [0.5, 0.6) is 0 Å². The van der Waals surface area contributed by atoms with Crippen molar-refractivity contribution in [3.63, 3.8) is 0 Å².